The molecule has 0 fully saturated rings. The Kier molecular flexibility index (Phi) is 5.44. The third-order valence-electron chi connectivity index (χ3n) is 2.32. The van der Waals surface area contributed by atoms with Crippen molar-refractivity contribution in [3.63, 3.8) is 0 Å². The molecule has 4 N–H and O–H groups in total. The van der Waals surface area contributed by atoms with Gasteiger partial charge in [-0.25, -0.2) is 4.79 Å². The van der Waals surface area contributed by atoms with Gasteiger partial charge in [-0.3, -0.25) is 9.59 Å². The van der Waals surface area contributed by atoms with Crippen molar-refractivity contribution in [1.29, 1.82) is 0 Å². The van der Waals surface area contributed by atoms with Crippen molar-refractivity contribution in [2.75, 3.05) is 7.05 Å². The van der Waals surface area contributed by atoms with Crippen LogP contribution in [0.5, 0.6) is 0 Å². The Morgan fingerprint density at radius 3 is 2.12 bits per heavy atom. The zero-order valence-electron chi connectivity index (χ0n) is 9.21. The number of carboxylic acid groups (broad SMARTS) is 2. The fourth-order valence-corrected chi connectivity index (χ4v) is 0.960. The molecule has 0 spiro atoms. The first-order valence-electron chi connectivity index (χ1n) is 4.74. The largest absolute Gasteiger partial charge is 0.480 e. The molecule has 0 heterocycles. The maximum Gasteiger partial charge on any atom is 0.326 e. The van der Waals surface area contributed by atoms with Gasteiger partial charge in [0.15, 0.2) is 0 Å². The highest BCUT2D eigenvalue weighted by Crippen LogP contribution is 2.03. The normalized spacial score (nSPS) is 13.9. The summed E-state index contributed by atoms with van der Waals surface area (Å²) in [5.41, 5.74) is 5.21. The SMILES string of the molecule is C[C@@H](C(=O)O)N(C)C(=O)CC[C@H](N)C(=O)O. The van der Waals surface area contributed by atoms with Crippen molar-refractivity contribution in [2.24, 2.45) is 5.73 Å². The molecule has 0 saturated carbocycles. The van der Waals surface area contributed by atoms with Gasteiger partial charge >= 0.3 is 11.9 Å². The second-order valence-corrected chi connectivity index (χ2v) is 3.50. The Bertz CT molecular complexity index is 292. The minimum absolute atomic E-state index is 0.00908. The molecule has 0 aromatic carbocycles. The van der Waals surface area contributed by atoms with E-state index in [0.717, 1.165) is 4.90 Å². The highest BCUT2D eigenvalue weighted by molar-refractivity contribution is 5.83. The lowest BCUT2D eigenvalue weighted by Crippen LogP contribution is -2.41. The van der Waals surface area contributed by atoms with Crippen LogP contribution in [-0.2, 0) is 14.4 Å². The van der Waals surface area contributed by atoms with Crippen molar-refractivity contribution < 1.29 is 24.6 Å². The molecule has 92 valence electrons. The molecule has 0 radical (unpaired) electrons. The van der Waals surface area contributed by atoms with E-state index >= 15 is 0 Å². The van der Waals surface area contributed by atoms with Crippen LogP contribution in [0.4, 0.5) is 0 Å². The maximum atomic E-state index is 11.4. The van der Waals surface area contributed by atoms with Gasteiger partial charge in [0.1, 0.15) is 12.1 Å². The molecule has 1 amide bonds. The number of rotatable bonds is 6. The van der Waals surface area contributed by atoms with Crippen LogP contribution in [0, 0.1) is 0 Å². The van der Waals surface area contributed by atoms with Crippen molar-refractivity contribution in [3.05, 3.63) is 0 Å². The Hall–Kier alpha value is -1.63. The zero-order chi connectivity index (χ0) is 12.9. The van der Waals surface area contributed by atoms with Gasteiger partial charge in [0.2, 0.25) is 5.91 Å². The molecule has 0 aromatic rings. The minimum atomic E-state index is -1.18. The number of carboxylic acids is 2. The van der Waals surface area contributed by atoms with E-state index in [4.69, 9.17) is 15.9 Å². The first kappa shape index (κ1) is 14.4. The van der Waals surface area contributed by atoms with Crippen molar-refractivity contribution >= 4 is 17.8 Å². The quantitative estimate of drug-likeness (QED) is 0.546. The molecular weight excluding hydrogens is 216 g/mol. The standard InChI is InChI=1S/C9H16N2O5/c1-5(8(13)14)11(2)7(12)4-3-6(10)9(15)16/h5-6H,3-4,10H2,1-2H3,(H,13,14)(H,15,16)/t5-,6-/m0/s1. The summed E-state index contributed by atoms with van der Waals surface area (Å²) in [5.74, 6) is -2.73. The summed E-state index contributed by atoms with van der Waals surface area (Å²) >= 11 is 0. The predicted octanol–water partition coefficient (Wildman–Crippen LogP) is -0.890. The van der Waals surface area contributed by atoms with Crippen LogP contribution in [0.1, 0.15) is 19.8 Å². The van der Waals surface area contributed by atoms with Crippen LogP contribution in [0.3, 0.4) is 0 Å². The summed E-state index contributed by atoms with van der Waals surface area (Å²) in [5, 5.41) is 17.1. The monoisotopic (exact) mass is 232 g/mol. The number of nitrogens with zero attached hydrogens (tertiary/aromatic N) is 1. The van der Waals surface area contributed by atoms with Gasteiger partial charge < -0.3 is 20.8 Å². The summed E-state index contributed by atoms with van der Waals surface area (Å²) in [7, 11) is 1.35. The summed E-state index contributed by atoms with van der Waals surface area (Å²) in [6, 6.07) is -2.04. The van der Waals surface area contributed by atoms with E-state index in [1.54, 1.807) is 0 Å². The van der Waals surface area contributed by atoms with Gasteiger partial charge in [0.25, 0.3) is 0 Å². The van der Waals surface area contributed by atoms with Crippen LogP contribution in [0.15, 0.2) is 0 Å². The molecule has 0 bridgehead atoms. The number of amides is 1. The Labute approximate surface area is 92.8 Å². The molecule has 2 atom stereocenters. The van der Waals surface area contributed by atoms with Crippen LogP contribution < -0.4 is 5.73 Å². The number of nitrogens with two attached hydrogens (primary N) is 1. The van der Waals surface area contributed by atoms with E-state index in [1.807, 2.05) is 0 Å². The number of hydrogen-bond donors (Lipinski definition) is 3. The summed E-state index contributed by atoms with van der Waals surface area (Å²) in [4.78, 5) is 33.4. The smallest absolute Gasteiger partial charge is 0.326 e. The molecule has 0 aliphatic heterocycles. The average Bonchev–Trinajstić information content (AvgIpc) is 2.22. The Morgan fingerprint density at radius 2 is 1.75 bits per heavy atom. The third kappa shape index (κ3) is 4.26. The molecule has 0 aliphatic rings. The van der Waals surface area contributed by atoms with Crippen molar-refractivity contribution in [2.45, 2.75) is 31.8 Å². The number of carbonyl (C=O) groups excluding carboxylic acids is 1. The fourth-order valence-electron chi connectivity index (χ4n) is 0.960. The van der Waals surface area contributed by atoms with Crippen LogP contribution >= 0.6 is 0 Å². The first-order valence-corrected chi connectivity index (χ1v) is 4.74. The van der Waals surface area contributed by atoms with Crippen LogP contribution in [0.2, 0.25) is 0 Å². The lowest BCUT2D eigenvalue weighted by molar-refractivity contribution is -0.148. The van der Waals surface area contributed by atoms with Gasteiger partial charge in [-0.05, 0) is 13.3 Å². The predicted molar refractivity (Wildman–Crippen MR) is 54.7 cm³/mol. The molecule has 0 unspecified atom stereocenters. The lowest BCUT2D eigenvalue weighted by Gasteiger charge is -2.21. The van der Waals surface area contributed by atoms with Crippen molar-refractivity contribution in [3.8, 4) is 0 Å². The lowest BCUT2D eigenvalue weighted by atomic mass is 10.1. The van der Waals surface area contributed by atoms with Gasteiger partial charge in [-0.1, -0.05) is 0 Å². The topological polar surface area (TPSA) is 121 Å². The average molecular weight is 232 g/mol. The van der Waals surface area contributed by atoms with E-state index in [2.05, 4.69) is 0 Å². The van der Waals surface area contributed by atoms with E-state index in [-0.39, 0.29) is 12.8 Å². The van der Waals surface area contributed by atoms with Gasteiger partial charge in [-0.2, -0.15) is 0 Å². The number of carbonyl (C=O) groups is 3. The van der Waals surface area contributed by atoms with E-state index in [0.29, 0.717) is 0 Å². The summed E-state index contributed by atoms with van der Waals surface area (Å²) in [6.45, 7) is 1.37. The Morgan fingerprint density at radius 1 is 1.25 bits per heavy atom. The molecule has 7 heteroatoms. The summed E-state index contributed by atoms with van der Waals surface area (Å²) < 4.78 is 0. The molecular formula is C9H16N2O5. The van der Waals surface area contributed by atoms with Crippen molar-refractivity contribution in [1.82, 2.24) is 4.90 Å². The van der Waals surface area contributed by atoms with Crippen LogP contribution in [0.25, 0.3) is 0 Å². The molecule has 0 aromatic heterocycles. The zero-order valence-corrected chi connectivity index (χ0v) is 9.21. The third-order valence-corrected chi connectivity index (χ3v) is 2.32. The van der Waals surface area contributed by atoms with E-state index in [1.165, 1.54) is 14.0 Å². The highest BCUT2D eigenvalue weighted by atomic mass is 16.4. The minimum Gasteiger partial charge on any atom is -0.480 e. The fraction of sp³-hybridized carbons (Fsp3) is 0.667. The number of likely N-dealkylation sites (N-methyl/N-ethyl adjacent to an activating group) is 1. The molecule has 0 aliphatic carbocycles. The van der Waals surface area contributed by atoms with Gasteiger partial charge in [-0.15, -0.1) is 0 Å². The van der Waals surface area contributed by atoms with E-state index < -0.39 is 29.9 Å². The highest BCUT2D eigenvalue weighted by Gasteiger charge is 2.22. The maximum absolute atomic E-state index is 11.4. The second-order valence-electron chi connectivity index (χ2n) is 3.50. The summed E-state index contributed by atoms with van der Waals surface area (Å²) in [6.07, 6.45) is -0.0908. The number of hydrogen-bond acceptors (Lipinski definition) is 4. The molecule has 16 heavy (non-hydrogen) atoms. The Balaban J connectivity index is 4.16. The number of aliphatic carboxylic acids is 2. The first-order chi connectivity index (χ1) is 7.27. The van der Waals surface area contributed by atoms with Crippen LogP contribution in [-0.4, -0.2) is 52.1 Å². The van der Waals surface area contributed by atoms with Gasteiger partial charge in [0.05, 0.1) is 0 Å². The molecule has 0 saturated heterocycles. The van der Waals surface area contributed by atoms with E-state index in [9.17, 15) is 14.4 Å². The molecule has 0 rings (SSSR count). The molecule has 7 nitrogen and oxygen atoms in total. The second kappa shape index (κ2) is 6.06. The van der Waals surface area contributed by atoms with Gasteiger partial charge in [0, 0.05) is 13.5 Å².